The van der Waals surface area contributed by atoms with E-state index in [-0.39, 0.29) is 28.4 Å². The fraction of sp³-hybridized carbons (Fsp3) is 0.333. The van der Waals surface area contributed by atoms with Crippen LogP contribution in [0.2, 0.25) is 5.02 Å². The minimum Gasteiger partial charge on any atom is -0.322 e. The summed E-state index contributed by atoms with van der Waals surface area (Å²) in [5.74, 6) is -0.303. The van der Waals surface area contributed by atoms with Crippen LogP contribution in [0.25, 0.3) is 11.0 Å². The number of carbonyl (C=O) groups excluding carboxylic acids is 1. The predicted octanol–water partition coefficient (Wildman–Crippen LogP) is 3.77. The van der Waals surface area contributed by atoms with Crippen LogP contribution in [0.3, 0.4) is 0 Å². The standard InChI is InChI=1S/C21H23ClN4O3/c1-11(2)10-26-18-17(20(28)25-21(26)29)15(9-16(24-18)12(3)4)19(27)23-14-7-5-13(22)6-8-14/h5-9,11-12H,10H2,1-4H3,(H,23,27)(H,25,28,29). The maximum absolute atomic E-state index is 13.0. The zero-order valence-corrected chi connectivity index (χ0v) is 17.5. The predicted molar refractivity (Wildman–Crippen MR) is 115 cm³/mol. The number of nitrogens with one attached hydrogen (secondary N) is 2. The van der Waals surface area contributed by atoms with Crippen molar-refractivity contribution < 1.29 is 4.79 Å². The average molecular weight is 415 g/mol. The highest BCUT2D eigenvalue weighted by Gasteiger charge is 2.21. The van der Waals surface area contributed by atoms with Crippen LogP contribution in [0, 0.1) is 5.92 Å². The topological polar surface area (TPSA) is 96.9 Å². The number of hydrogen-bond acceptors (Lipinski definition) is 4. The summed E-state index contributed by atoms with van der Waals surface area (Å²) in [7, 11) is 0. The molecule has 0 atom stereocenters. The monoisotopic (exact) mass is 414 g/mol. The van der Waals surface area contributed by atoms with Gasteiger partial charge in [0.1, 0.15) is 0 Å². The van der Waals surface area contributed by atoms with Crippen LogP contribution in [0.1, 0.15) is 49.7 Å². The van der Waals surface area contributed by atoms with Crippen molar-refractivity contribution in [1.29, 1.82) is 0 Å². The molecule has 0 bridgehead atoms. The number of anilines is 1. The molecule has 1 aromatic carbocycles. The van der Waals surface area contributed by atoms with Gasteiger partial charge in [0, 0.05) is 22.9 Å². The van der Waals surface area contributed by atoms with Gasteiger partial charge in [0.2, 0.25) is 0 Å². The summed E-state index contributed by atoms with van der Waals surface area (Å²) >= 11 is 5.89. The van der Waals surface area contributed by atoms with E-state index < -0.39 is 17.2 Å². The Balaban J connectivity index is 2.24. The third-order valence-corrected chi connectivity index (χ3v) is 4.71. The Morgan fingerprint density at radius 1 is 1.17 bits per heavy atom. The molecule has 29 heavy (non-hydrogen) atoms. The number of halogens is 1. The van der Waals surface area contributed by atoms with Crippen molar-refractivity contribution in [3.05, 3.63) is 67.4 Å². The summed E-state index contributed by atoms with van der Waals surface area (Å²) in [4.78, 5) is 45.0. The molecule has 0 unspecified atom stereocenters. The molecule has 1 amide bonds. The molecule has 0 aliphatic rings. The largest absolute Gasteiger partial charge is 0.330 e. The number of carbonyl (C=O) groups is 1. The molecule has 8 heteroatoms. The van der Waals surface area contributed by atoms with Gasteiger partial charge in [0.25, 0.3) is 11.5 Å². The third-order valence-electron chi connectivity index (χ3n) is 4.45. The summed E-state index contributed by atoms with van der Waals surface area (Å²) in [5, 5.41) is 3.43. The Labute approximate surface area is 172 Å². The first-order valence-corrected chi connectivity index (χ1v) is 9.80. The molecule has 2 N–H and O–H groups in total. The van der Waals surface area contributed by atoms with Gasteiger partial charge in [-0.25, -0.2) is 9.78 Å². The number of benzene rings is 1. The second-order valence-electron chi connectivity index (χ2n) is 7.67. The molecular weight excluding hydrogens is 392 g/mol. The van der Waals surface area contributed by atoms with Crippen molar-refractivity contribution in [2.45, 2.75) is 40.2 Å². The molecule has 0 saturated heterocycles. The highest BCUT2D eigenvalue weighted by atomic mass is 35.5. The molecule has 2 heterocycles. The first-order valence-electron chi connectivity index (χ1n) is 9.42. The van der Waals surface area contributed by atoms with Gasteiger partial charge in [-0.1, -0.05) is 39.3 Å². The summed E-state index contributed by atoms with van der Waals surface area (Å²) < 4.78 is 1.42. The minimum absolute atomic E-state index is 0.00312. The van der Waals surface area contributed by atoms with Crippen LogP contribution in [-0.2, 0) is 6.54 Å². The van der Waals surface area contributed by atoms with Gasteiger partial charge in [0.05, 0.1) is 10.9 Å². The lowest BCUT2D eigenvalue weighted by Gasteiger charge is -2.16. The van der Waals surface area contributed by atoms with Gasteiger partial charge in [-0.05, 0) is 42.2 Å². The van der Waals surface area contributed by atoms with Crippen LogP contribution < -0.4 is 16.6 Å². The SMILES string of the molecule is CC(C)Cn1c(=O)[nH]c(=O)c2c(C(=O)Nc3ccc(Cl)cc3)cc(C(C)C)nc21. The smallest absolute Gasteiger partial charge is 0.322 e. The van der Waals surface area contributed by atoms with E-state index in [0.29, 0.717) is 22.9 Å². The second kappa shape index (κ2) is 8.21. The van der Waals surface area contributed by atoms with Gasteiger partial charge >= 0.3 is 5.69 Å². The molecule has 7 nitrogen and oxygen atoms in total. The highest BCUT2D eigenvalue weighted by molar-refractivity contribution is 6.30. The molecule has 0 fully saturated rings. The molecule has 2 aromatic heterocycles. The number of aromatic amines is 1. The van der Waals surface area contributed by atoms with Crippen molar-refractivity contribution in [2.75, 3.05) is 5.32 Å². The summed E-state index contributed by atoms with van der Waals surface area (Å²) in [5.41, 5.74) is 0.402. The van der Waals surface area contributed by atoms with Gasteiger partial charge < -0.3 is 5.32 Å². The quantitative estimate of drug-likeness (QED) is 0.664. The molecule has 3 aromatic rings. The molecule has 0 radical (unpaired) electrons. The van der Waals surface area contributed by atoms with E-state index in [2.05, 4.69) is 15.3 Å². The number of amides is 1. The lowest BCUT2D eigenvalue weighted by atomic mass is 10.0. The number of H-pyrrole nitrogens is 1. The van der Waals surface area contributed by atoms with Gasteiger partial charge in [-0.2, -0.15) is 0 Å². The Morgan fingerprint density at radius 2 is 1.83 bits per heavy atom. The van der Waals surface area contributed by atoms with Crippen LogP contribution in [-0.4, -0.2) is 20.4 Å². The fourth-order valence-corrected chi connectivity index (χ4v) is 3.16. The number of nitrogens with zero attached hydrogens (tertiary/aromatic N) is 2. The Hall–Kier alpha value is -2.93. The van der Waals surface area contributed by atoms with Gasteiger partial charge in [-0.15, -0.1) is 0 Å². The van der Waals surface area contributed by atoms with Crippen molar-refractivity contribution in [2.24, 2.45) is 5.92 Å². The van der Waals surface area contributed by atoms with E-state index in [1.807, 2.05) is 27.7 Å². The van der Waals surface area contributed by atoms with Crippen LogP contribution in [0.4, 0.5) is 5.69 Å². The van der Waals surface area contributed by atoms with Crippen LogP contribution in [0.5, 0.6) is 0 Å². The number of rotatable bonds is 5. The van der Waals surface area contributed by atoms with Gasteiger partial charge in [-0.3, -0.25) is 19.1 Å². The minimum atomic E-state index is -0.630. The number of aromatic nitrogens is 3. The number of fused-ring (bicyclic) bond motifs is 1. The highest BCUT2D eigenvalue weighted by Crippen LogP contribution is 2.22. The van der Waals surface area contributed by atoms with E-state index >= 15 is 0 Å². The number of hydrogen-bond donors (Lipinski definition) is 2. The van der Waals surface area contributed by atoms with Crippen molar-refractivity contribution in [3.63, 3.8) is 0 Å². The first-order chi connectivity index (χ1) is 13.7. The molecule has 3 rings (SSSR count). The average Bonchev–Trinajstić information content (AvgIpc) is 2.65. The maximum Gasteiger partial charge on any atom is 0.330 e. The van der Waals surface area contributed by atoms with Crippen molar-refractivity contribution in [3.8, 4) is 0 Å². The Bertz CT molecular complexity index is 1180. The molecule has 0 saturated carbocycles. The van der Waals surface area contributed by atoms with Crippen molar-refractivity contribution in [1.82, 2.24) is 14.5 Å². The molecule has 0 aliphatic carbocycles. The van der Waals surface area contributed by atoms with Crippen LogP contribution >= 0.6 is 11.6 Å². The normalized spacial score (nSPS) is 11.4. The van der Waals surface area contributed by atoms with E-state index in [9.17, 15) is 14.4 Å². The summed E-state index contributed by atoms with van der Waals surface area (Å²) in [6.45, 7) is 8.17. The lowest BCUT2D eigenvalue weighted by molar-refractivity contribution is 0.102. The number of pyridine rings is 1. The van der Waals surface area contributed by atoms with E-state index in [1.165, 1.54) is 4.57 Å². The second-order valence-corrected chi connectivity index (χ2v) is 8.11. The van der Waals surface area contributed by atoms with Crippen LogP contribution in [0.15, 0.2) is 39.9 Å². The maximum atomic E-state index is 13.0. The van der Waals surface area contributed by atoms with Crippen molar-refractivity contribution >= 4 is 34.2 Å². The third kappa shape index (κ3) is 4.40. The molecule has 0 aliphatic heterocycles. The molecule has 0 spiro atoms. The zero-order chi connectivity index (χ0) is 21.3. The van der Waals surface area contributed by atoms with E-state index in [4.69, 9.17) is 11.6 Å². The fourth-order valence-electron chi connectivity index (χ4n) is 3.03. The Kier molecular flexibility index (Phi) is 5.88. The Morgan fingerprint density at radius 3 is 2.41 bits per heavy atom. The lowest BCUT2D eigenvalue weighted by Crippen LogP contribution is -2.33. The summed E-state index contributed by atoms with van der Waals surface area (Å²) in [6.07, 6.45) is 0. The summed E-state index contributed by atoms with van der Waals surface area (Å²) in [6, 6.07) is 8.28. The van der Waals surface area contributed by atoms with E-state index in [0.717, 1.165) is 0 Å². The first kappa shape index (κ1) is 20.8. The van der Waals surface area contributed by atoms with Gasteiger partial charge in [0.15, 0.2) is 5.65 Å². The van der Waals surface area contributed by atoms with E-state index in [1.54, 1.807) is 30.3 Å². The molecule has 152 valence electrons. The molecular formula is C21H23ClN4O3. The zero-order valence-electron chi connectivity index (χ0n) is 16.7.